The second-order valence-electron chi connectivity index (χ2n) is 6.39. The third-order valence-corrected chi connectivity index (χ3v) is 5.35. The largest absolute Gasteiger partial charge is 0.253 e. The standard InChI is InChI=1S/C19H24BrN/c20-17(13-15-7-3-1-2-4-8-15)14-18-12-11-16-9-5-6-10-19(16)21-18/h5-6,9-12,15,17H,1-4,7-8,13-14H2. The molecule has 21 heavy (non-hydrogen) atoms. The van der Waals surface area contributed by atoms with Crippen LogP contribution >= 0.6 is 15.9 Å². The number of nitrogens with zero attached hydrogens (tertiary/aromatic N) is 1. The maximum atomic E-state index is 4.80. The first-order chi connectivity index (χ1) is 10.3. The average Bonchev–Trinajstić information content (AvgIpc) is 2.75. The number of aromatic nitrogens is 1. The zero-order chi connectivity index (χ0) is 14.5. The number of hydrogen-bond donors (Lipinski definition) is 0. The van der Waals surface area contributed by atoms with Gasteiger partial charge in [0.15, 0.2) is 0 Å². The van der Waals surface area contributed by atoms with E-state index in [1.54, 1.807) is 0 Å². The number of benzene rings is 1. The molecule has 1 aromatic carbocycles. The predicted octanol–water partition coefficient (Wildman–Crippen LogP) is 5.90. The number of hydrogen-bond acceptors (Lipinski definition) is 1. The fourth-order valence-corrected chi connectivity index (χ4v) is 4.35. The van der Waals surface area contributed by atoms with Gasteiger partial charge in [-0.15, -0.1) is 0 Å². The molecule has 0 bridgehead atoms. The van der Waals surface area contributed by atoms with Gasteiger partial charge in [-0.1, -0.05) is 78.7 Å². The van der Waals surface area contributed by atoms with Crippen molar-refractivity contribution in [2.75, 3.05) is 0 Å². The summed E-state index contributed by atoms with van der Waals surface area (Å²) >= 11 is 3.90. The fourth-order valence-electron chi connectivity index (χ4n) is 3.49. The summed E-state index contributed by atoms with van der Waals surface area (Å²) in [6.45, 7) is 0. The van der Waals surface area contributed by atoms with Gasteiger partial charge in [0.25, 0.3) is 0 Å². The van der Waals surface area contributed by atoms with E-state index in [1.807, 2.05) is 0 Å². The van der Waals surface area contributed by atoms with Crippen molar-refractivity contribution < 1.29 is 0 Å². The molecule has 1 atom stereocenters. The molecule has 1 aliphatic carbocycles. The van der Waals surface area contributed by atoms with E-state index in [0.717, 1.165) is 17.9 Å². The van der Waals surface area contributed by atoms with E-state index in [-0.39, 0.29) is 0 Å². The molecule has 1 heterocycles. The Labute approximate surface area is 136 Å². The average molecular weight is 346 g/mol. The molecule has 112 valence electrons. The van der Waals surface area contributed by atoms with Gasteiger partial charge in [-0.05, 0) is 24.5 Å². The molecular formula is C19H24BrN. The molecule has 0 saturated heterocycles. The maximum Gasteiger partial charge on any atom is 0.0705 e. The normalized spacial score (nSPS) is 18.5. The lowest BCUT2D eigenvalue weighted by molar-refractivity contribution is 0.423. The first kappa shape index (κ1) is 15.0. The summed E-state index contributed by atoms with van der Waals surface area (Å²) in [5, 5.41) is 1.23. The van der Waals surface area contributed by atoms with Crippen LogP contribution < -0.4 is 0 Å². The molecular weight excluding hydrogens is 322 g/mol. The number of fused-ring (bicyclic) bond motifs is 1. The van der Waals surface area contributed by atoms with E-state index in [1.165, 1.54) is 56.0 Å². The SMILES string of the molecule is BrC(Cc1ccc2ccccc2n1)CC1CCCCCC1. The molecule has 0 spiro atoms. The molecule has 0 radical (unpaired) electrons. The minimum atomic E-state index is 0.564. The highest BCUT2D eigenvalue weighted by atomic mass is 79.9. The van der Waals surface area contributed by atoms with Crippen LogP contribution in [0.5, 0.6) is 0 Å². The van der Waals surface area contributed by atoms with Gasteiger partial charge in [0, 0.05) is 22.3 Å². The summed E-state index contributed by atoms with van der Waals surface area (Å²) in [6, 6.07) is 12.8. The Balaban J connectivity index is 1.61. The van der Waals surface area contributed by atoms with Crippen molar-refractivity contribution in [2.24, 2.45) is 5.92 Å². The summed E-state index contributed by atoms with van der Waals surface area (Å²) in [6.07, 6.45) is 10.9. The Morgan fingerprint density at radius 3 is 2.57 bits per heavy atom. The Morgan fingerprint density at radius 2 is 1.76 bits per heavy atom. The minimum Gasteiger partial charge on any atom is -0.253 e. The first-order valence-corrected chi connectivity index (χ1v) is 9.21. The van der Waals surface area contributed by atoms with Crippen LogP contribution in [0.3, 0.4) is 0 Å². The molecule has 2 aromatic rings. The van der Waals surface area contributed by atoms with Gasteiger partial charge in [-0.2, -0.15) is 0 Å². The molecule has 1 aromatic heterocycles. The van der Waals surface area contributed by atoms with Crippen molar-refractivity contribution >= 4 is 26.8 Å². The number of halogens is 1. The lowest BCUT2D eigenvalue weighted by Crippen LogP contribution is -2.11. The van der Waals surface area contributed by atoms with Crippen LogP contribution in [0.15, 0.2) is 36.4 Å². The van der Waals surface area contributed by atoms with E-state index >= 15 is 0 Å². The van der Waals surface area contributed by atoms with E-state index in [9.17, 15) is 0 Å². The van der Waals surface area contributed by atoms with Gasteiger partial charge in [0.1, 0.15) is 0 Å². The van der Waals surface area contributed by atoms with Crippen LogP contribution in [-0.4, -0.2) is 9.81 Å². The van der Waals surface area contributed by atoms with E-state index < -0.39 is 0 Å². The second kappa shape index (κ2) is 7.40. The van der Waals surface area contributed by atoms with Crippen molar-refractivity contribution in [3.8, 4) is 0 Å². The fraction of sp³-hybridized carbons (Fsp3) is 0.526. The summed E-state index contributed by atoms with van der Waals surface area (Å²) in [5.41, 5.74) is 2.33. The Bertz CT molecular complexity index is 573. The van der Waals surface area contributed by atoms with Crippen molar-refractivity contribution in [3.63, 3.8) is 0 Å². The second-order valence-corrected chi connectivity index (χ2v) is 7.68. The smallest absolute Gasteiger partial charge is 0.0705 e. The quantitative estimate of drug-likeness (QED) is 0.496. The highest BCUT2D eigenvalue weighted by Gasteiger charge is 2.17. The molecule has 1 fully saturated rings. The van der Waals surface area contributed by atoms with Crippen molar-refractivity contribution in [2.45, 2.75) is 56.2 Å². The molecule has 0 N–H and O–H groups in total. The summed E-state index contributed by atoms with van der Waals surface area (Å²) in [5.74, 6) is 0.914. The zero-order valence-corrected chi connectivity index (χ0v) is 14.2. The molecule has 1 nitrogen and oxygen atoms in total. The van der Waals surface area contributed by atoms with Crippen molar-refractivity contribution in [1.82, 2.24) is 4.98 Å². The predicted molar refractivity (Wildman–Crippen MR) is 94.0 cm³/mol. The third kappa shape index (κ3) is 4.29. The number of para-hydroxylation sites is 1. The van der Waals surface area contributed by atoms with E-state index in [2.05, 4.69) is 52.3 Å². The van der Waals surface area contributed by atoms with Crippen molar-refractivity contribution in [3.05, 3.63) is 42.1 Å². The number of alkyl halides is 1. The van der Waals surface area contributed by atoms with Gasteiger partial charge < -0.3 is 0 Å². The number of pyridine rings is 1. The van der Waals surface area contributed by atoms with Gasteiger partial charge in [0.05, 0.1) is 5.52 Å². The minimum absolute atomic E-state index is 0.564. The topological polar surface area (TPSA) is 12.9 Å². The molecule has 0 amide bonds. The Kier molecular flexibility index (Phi) is 5.29. The number of rotatable bonds is 4. The van der Waals surface area contributed by atoms with Crippen LogP contribution in [0.2, 0.25) is 0 Å². The van der Waals surface area contributed by atoms with Crippen LogP contribution in [0, 0.1) is 5.92 Å². The Morgan fingerprint density at radius 1 is 1.00 bits per heavy atom. The lowest BCUT2D eigenvalue weighted by Gasteiger charge is -2.18. The van der Waals surface area contributed by atoms with Gasteiger partial charge >= 0.3 is 0 Å². The first-order valence-electron chi connectivity index (χ1n) is 8.30. The maximum absolute atomic E-state index is 4.80. The van der Waals surface area contributed by atoms with Gasteiger partial charge in [-0.25, -0.2) is 0 Å². The summed E-state index contributed by atoms with van der Waals surface area (Å²) < 4.78 is 0. The van der Waals surface area contributed by atoms with Gasteiger partial charge in [-0.3, -0.25) is 4.98 Å². The summed E-state index contributed by atoms with van der Waals surface area (Å²) in [4.78, 5) is 5.36. The zero-order valence-electron chi connectivity index (χ0n) is 12.6. The molecule has 1 saturated carbocycles. The molecule has 2 heteroatoms. The van der Waals surface area contributed by atoms with Gasteiger partial charge in [0.2, 0.25) is 0 Å². The monoisotopic (exact) mass is 345 g/mol. The van der Waals surface area contributed by atoms with Crippen LogP contribution in [-0.2, 0) is 6.42 Å². The Hall–Kier alpha value is -0.890. The van der Waals surface area contributed by atoms with Crippen LogP contribution in [0.25, 0.3) is 10.9 Å². The van der Waals surface area contributed by atoms with Crippen LogP contribution in [0.1, 0.15) is 50.6 Å². The highest BCUT2D eigenvalue weighted by molar-refractivity contribution is 9.09. The molecule has 3 rings (SSSR count). The van der Waals surface area contributed by atoms with E-state index in [0.29, 0.717) is 4.83 Å². The lowest BCUT2D eigenvalue weighted by atomic mass is 9.93. The third-order valence-electron chi connectivity index (χ3n) is 4.65. The van der Waals surface area contributed by atoms with Crippen LogP contribution in [0.4, 0.5) is 0 Å². The van der Waals surface area contributed by atoms with Crippen molar-refractivity contribution in [1.29, 1.82) is 0 Å². The summed E-state index contributed by atoms with van der Waals surface area (Å²) in [7, 11) is 0. The molecule has 0 aliphatic heterocycles. The molecule has 1 aliphatic rings. The highest BCUT2D eigenvalue weighted by Crippen LogP contribution is 2.29. The molecule has 1 unspecified atom stereocenters. The van der Waals surface area contributed by atoms with E-state index in [4.69, 9.17) is 4.98 Å².